The molecule has 0 saturated carbocycles. The van der Waals surface area contributed by atoms with Crippen LogP contribution in [0.15, 0.2) is 30.3 Å². The van der Waals surface area contributed by atoms with Crippen LogP contribution < -0.4 is 0 Å². The molecule has 0 heterocycles. The van der Waals surface area contributed by atoms with Crippen LogP contribution in [-0.4, -0.2) is 11.2 Å². The summed E-state index contributed by atoms with van der Waals surface area (Å²) in [4.78, 5) is 0. The Hall–Kier alpha value is -1.26. The van der Waals surface area contributed by atoms with Crippen molar-refractivity contribution in [3.63, 3.8) is 0 Å². The fourth-order valence-corrected chi connectivity index (χ4v) is 1.34. The zero-order valence-electron chi connectivity index (χ0n) is 9.24. The van der Waals surface area contributed by atoms with Crippen LogP contribution in [0.4, 0.5) is 0 Å². The highest BCUT2D eigenvalue weighted by Crippen LogP contribution is 2.02. The number of hydrogen-bond donors (Lipinski definition) is 1. The van der Waals surface area contributed by atoms with Crippen LogP contribution in [0.1, 0.15) is 31.7 Å². The maximum absolute atomic E-state index is 9.63. The minimum Gasteiger partial charge on any atom is -0.380 e. The zero-order chi connectivity index (χ0) is 10.9. The molecule has 1 nitrogen and oxygen atoms in total. The molecule has 1 unspecified atom stereocenters. The molecule has 0 bridgehead atoms. The molecule has 0 amide bonds. The van der Waals surface area contributed by atoms with Gasteiger partial charge in [0.2, 0.25) is 0 Å². The Kier molecular flexibility index (Phi) is 5.58. The van der Waals surface area contributed by atoms with Crippen molar-refractivity contribution in [3.8, 4) is 11.8 Å². The quantitative estimate of drug-likeness (QED) is 0.588. The predicted molar refractivity (Wildman–Crippen MR) is 63.5 cm³/mol. The van der Waals surface area contributed by atoms with Gasteiger partial charge in [0, 0.05) is 12.8 Å². The molecule has 1 atom stereocenters. The molecule has 0 aliphatic heterocycles. The normalized spacial score (nSPS) is 11.6. The first kappa shape index (κ1) is 11.8. The van der Waals surface area contributed by atoms with Gasteiger partial charge in [-0.05, 0) is 12.0 Å². The molecule has 0 saturated heterocycles. The highest BCUT2D eigenvalue weighted by Gasteiger charge is 1.99. The third kappa shape index (κ3) is 5.24. The zero-order valence-corrected chi connectivity index (χ0v) is 9.24. The molecule has 0 aliphatic rings. The maximum Gasteiger partial charge on any atom is 0.118 e. The summed E-state index contributed by atoms with van der Waals surface area (Å²) < 4.78 is 0. The van der Waals surface area contributed by atoms with Gasteiger partial charge in [-0.1, -0.05) is 49.6 Å². The average molecular weight is 202 g/mol. The van der Waals surface area contributed by atoms with E-state index in [1.807, 2.05) is 30.3 Å². The fraction of sp³-hybridized carbons (Fsp3) is 0.429. The van der Waals surface area contributed by atoms with Gasteiger partial charge >= 0.3 is 0 Å². The summed E-state index contributed by atoms with van der Waals surface area (Å²) in [5, 5.41) is 9.63. The SMILES string of the molecule is CCCCC#CC(O)Cc1ccccc1. The Morgan fingerprint density at radius 1 is 1.27 bits per heavy atom. The minimum atomic E-state index is -0.524. The molecule has 1 heteroatoms. The summed E-state index contributed by atoms with van der Waals surface area (Å²) >= 11 is 0. The van der Waals surface area contributed by atoms with Crippen molar-refractivity contribution < 1.29 is 5.11 Å². The van der Waals surface area contributed by atoms with Crippen molar-refractivity contribution >= 4 is 0 Å². The van der Waals surface area contributed by atoms with Crippen molar-refractivity contribution in [3.05, 3.63) is 35.9 Å². The van der Waals surface area contributed by atoms with Gasteiger partial charge in [0.05, 0.1) is 0 Å². The highest BCUT2D eigenvalue weighted by atomic mass is 16.3. The van der Waals surface area contributed by atoms with Gasteiger partial charge in [0.15, 0.2) is 0 Å². The lowest BCUT2D eigenvalue weighted by Gasteiger charge is -2.02. The molecule has 1 N–H and O–H groups in total. The fourth-order valence-electron chi connectivity index (χ4n) is 1.34. The summed E-state index contributed by atoms with van der Waals surface area (Å²) in [5.74, 6) is 5.88. The van der Waals surface area contributed by atoms with E-state index in [1.165, 1.54) is 0 Å². The Morgan fingerprint density at radius 3 is 2.67 bits per heavy atom. The van der Waals surface area contributed by atoms with Crippen molar-refractivity contribution in [2.45, 2.75) is 38.7 Å². The van der Waals surface area contributed by atoms with E-state index in [9.17, 15) is 5.11 Å². The van der Waals surface area contributed by atoms with E-state index in [0.29, 0.717) is 6.42 Å². The molecular formula is C14H18O. The molecule has 1 aromatic rings. The topological polar surface area (TPSA) is 20.2 Å². The first-order valence-corrected chi connectivity index (χ1v) is 5.53. The molecule has 0 aromatic heterocycles. The van der Waals surface area contributed by atoms with Crippen molar-refractivity contribution in [1.29, 1.82) is 0 Å². The monoisotopic (exact) mass is 202 g/mol. The molecule has 15 heavy (non-hydrogen) atoms. The van der Waals surface area contributed by atoms with E-state index in [2.05, 4.69) is 18.8 Å². The van der Waals surface area contributed by atoms with Crippen molar-refractivity contribution in [2.24, 2.45) is 0 Å². The van der Waals surface area contributed by atoms with E-state index in [4.69, 9.17) is 0 Å². The van der Waals surface area contributed by atoms with Gasteiger partial charge < -0.3 is 5.11 Å². The molecular weight excluding hydrogens is 184 g/mol. The lowest BCUT2D eigenvalue weighted by Crippen LogP contribution is -2.06. The molecule has 0 aliphatic carbocycles. The Labute approximate surface area is 92.1 Å². The van der Waals surface area contributed by atoms with Crippen molar-refractivity contribution in [2.75, 3.05) is 0 Å². The molecule has 0 radical (unpaired) electrons. The predicted octanol–water partition coefficient (Wildman–Crippen LogP) is 2.78. The van der Waals surface area contributed by atoms with E-state index in [-0.39, 0.29) is 0 Å². The first-order valence-electron chi connectivity index (χ1n) is 5.53. The third-order valence-corrected chi connectivity index (χ3v) is 2.20. The summed E-state index contributed by atoms with van der Waals surface area (Å²) in [6.45, 7) is 2.14. The third-order valence-electron chi connectivity index (χ3n) is 2.20. The van der Waals surface area contributed by atoms with Crippen LogP contribution in [0.2, 0.25) is 0 Å². The van der Waals surface area contributed by atoms with E-state index < -0.39 is 6.10 Å². The first-order chi connectivity index (χ1) is 7.33. The summed E-state index contributed by atoms with van der Waals surface area (Å²) in [5.41, 5.74) is 1.13. The van der Waals surface area contributed by atoms with Crippen LogP contribution >= 0.6 is 0 Å². The van der Waals surface area contributed by atoms with Gasteiger partial charge in [0.1, 0.15) is 6.10 Å². The van der Waals surface area contributed by atoms with Crippen LogP contribution in [0, 0.1) is 11.8 Å². The second-order valence-corrected chi connectivity index (χ2v) is 3.63. The molecule has 1 rings (SSSR count). The van der Waals surface area contributed by atoms with Crippen LogP contribution in [-0.2, 0) is 6.42 Å². The standard InChI is InChI=1S/C14H18O/c1-2-3-4-8-11-14(15)12-13-9-6-5-7-10-13/h5-7,9-10,14-15H,2-4,12H2,1H3. The number of benzene rings is 1. The second kappa shape index (κ2) is 7.09. The minimum absolute atomic E-state index is 0.524. The Balaban J connectivity index is 2.35. The van der Waals surface area contributed by atoms with Gasteiger partial charge in [-0.25, -0.2) is 0 Å². The summed E-state index contributed by atoms with van der Waals surface area (Å²) in [6, 6.07) is 9.95. The largest absolute Gasteiger partial charge is 0.380 e. The Bertz CT molecular complexity index is 318. The van der Waals surface area contributed by atoms with Gasteiger partial charge in [-0.3, -0.25) is 0 Å². The van der Waals surface area contributed by atoms with Gasteiger partial charge in [-0.2, -0.15) is 0 Å². The summed E-state index contributed by atoms with van der Waals surface area (Å²) in [7, 11) is 0. The lowest BCUT2D eigenvalue weighted by molar-refractivity contribution is 0.233. The van der Waals surface area contributed by atoms with Crippen LogP contribution in [0.5, 0.6) is 0 Å². The maximum atomic E-state index is 9.63. The van der Waals surface area contributed by atoms with E-state index in [1.54, 1.807) is 0 Å². The molecule has 80 valence electrons. The Morgan fingerprint density at radius 2 is 2.00 bits per heavy atom. The lowest BCUT2D eigenvalue weighted by atomic mass is 10.1. The number of aliphatic hydroxyl groups is 1. The van der Waals surface area contributed by atoms with E-state index >= 15 is 0 Å². The number of unbranched alkanes of at least 4 members (excludes halogenated alkanes) is 2. The summed E-state index contributed by atoms with van der Waals surface area (Å²) in [6.07, 6.45) is 3.26. The average Bonchev–Trinajstić information content (AvgIpc) is 2.26. The smallest absolute Gasteiger partial charge is 0.118 e. The van der Waals surface area contributed by atoms with Crippen molar-refractivity contribution in [1.82, 2.24) is 0 Å². The van der Waals surface area contributed by atoms with Crippen LogP contribution in [0.25, 0.3) is 0 Å². The molecule has 0 fully saturated rings. The van der Waals surface area contributed by atoms with Crippen LogP contribution in [0.3, 0.4) is 0 Å². The molecule has 0 spiro atoms. The molecule has 1 aromatic carbocycles. The van der Waals surface area contributed by atoms with Gasteiger partial charge in [0.25, 0.3) is 0 Å². The second-order valence-electron chi connectivity index (χ2n) is 3.63. The van der Waals surface area contributed by atoms with E-state index in [0.717, 1.165) is 24.8 Å². The van der Waals surface area contributed by atoms with Gasteiger partial charge in [-0.15, -0.1) is 5.92 Å². The highest BCUT2D eigenvalue weighted by molar-refractivity contribution is 5.18. The number of rotatable bonds is 4. The number of hydrogen-bond acceptors (Lipinski definition) is 1. The number of aliphatic hydroxyl groups excluding tert-OH is 1.